The summed E-state index contributed by atoms with van der Waals surface area (Å²) in [4.78, 5) is 76.5. The average molecular weight is 746 g/mol. The van der Waals surface area contributed by atoms with Crippen LogP contribution in [0, 0.1) is 0 Å². The normalized spacial score (nSPS) is 25.1. The molecule has 2 aromatic heterocycles. The van der Waals surface area contributed by atoms with E-state index in [1.165, 1.54) is 4.57 Å². The molecule has 50 heavy (non-hydrogen) atoms. The Bertz CT molecular complexity index is 1980. The Morgan fingerprint density at radius 3 is 2.58 bits per heavy atom. The topological polar surface area (TPSA) is 149 Å². The zero-order chi connectivity index (χ0) is 34.8. The van der Waals surface area contributed by atoms with E-state index >= 15 is 0 Å². The molecule has 5 aliphatic rings. The molecular weight excluding hydrogens is 708 g/mol. The van der Waals surface area contributed by atoms with Gasteiger partial charge in [-0.3, -0.25) is 39.1 Å². The third kappa shape index (κ3) is 5.52. The number of carbonyl (C=O) groups is 4. The number of piperidine rings is 2. The number of imide groups is 2. The van der Waals surface area contributed by atoms with Crippen molar-refractivity contribution >= 4 is 62.4 Å². The van der Waals surface area contributed by atoms with Crippen LogP contribution in [0.15, 0.2) is 52.0 Å². The van der Waals surface area contributed by atoms with E-state index in [4.69, 9.17) is 4.74 Å². The van der Waals surface area contributed by atoms with Gasteiger partial charge in [0.2, 0.25) is 11.8 Å². The molecule has 260 valence electrons. The van der Waals surface area contributed by atoms with Gasteiger partial charge in [-0.2, -0.15) is 0 Å². The summed E-state index contributed by atoms with van der Waals surface area (Å²) in [6.07, 6.45) is 5.62. The van der Waals surface area contributed by atoms with Gasteiger partial charge in [-0.15, -0.1) is 0 Å². The van der Waals surface area contributed by atoms with Crippen LogP contribution in [0.1, 0.15) is 53.3 Å². The highest BCUT2D eigenvalue weighted by Crippen LogP contribution is 2.45. The van der Waals surface area contributed by atoms with Crippen molar-refractivity contribution in [1.82, 2.24) is 24.7 Å². The van der Waals surface area contributed by atoms with Gasteiger partial charge in [0, 0.05) is 62.4 Å². The largest absolute Gasteiger partial charge is 0.488 e. The minimum Gasteiger partial charge on any atom is -0.488 e. The van der Waals surface area contributed by atoms with E-state index in [0.29, 0.717) is 29.9 Å². The van der Waals surface area contributed by atoms with Crippen LogP contribution in [0.5, 0.6) is 5.75 Å². The van der Waals surface area contributed by atoms with Gasteiger partial charge in [-0.1, -0.05) is 0 Å². The Morgan fingerprint density at radius 1 is 0.980 bits per heavy atom. The van der Waals surface area contributed by atoms with Crippen molar-refractivity contribution in [3.05, 3.63) is 68.7 Å². The monoisotopic (exact) mass is 744 g/mol. The summed E-state index contributed by atoms with van der Waals surface area (Å²) >= 11 is 3.44. The van der Waals surface area contributed by atoms with Crippen molar-refractivity contribution in [1.29, 1.82) is 0 Å². The van der Waals surface area contributed by atoms with Crippen molar-refractivity contribution in [3.8, 4) is 5.75 Å². The van der Waals surface area contributed by atoms with Crippen LogP contribution in [-0.2, 0) is 16.6 Å². The lowest BCUT2D eigenvalue weighted by atomic mass is 9.92. The molecule has 14 nitrogen and oxygen atoms in total. The number of aromatic nitrogens is 2. The number of nitrogens with one attached hydrogen (secondary N) is 2. The van der Waals surface area contributed by atoms with Crippen LogP contribution in [0.2, 0.25) is 0 Å². The maximum absolute atomic E-state index is 13.6. The molecule has 0 saturated carbocycles. The summed E-state index contributed by atoms with van der Waals surface area (Å²) < 4.78 is 8.59. The van der Waals surface area contributed by atoms with E-state index in [-0.39, 0.29) is 41.6 Å². The van der Waals surface area contributed by atoms with E-state index in [1.54, 1.807) is 25.4 Å². The second-order valence-electron chi connectivity index (χ2n) is 13.7. The summed E-state index contributed by atoms with van der Waals surface area (Å²) in [5.74, 6) is -1.11. The SMILES string of the molecule is C[C@H]1CN([C@H]2CCN3c4ccc5c(c4OC[C@@H]3C2)C(=O)N(C2CCC(=O)NC2=O)C5=O)CCN1c1ccc(Nc2cc(Br)cn(C)c2=O)nc1. The zero-order valence-corrected chi connectivity index (χ0v) is 29.3. The van der Waals surface area contributed by atoms with E-state index in [9.17, 15) is 24.0 Å². The second-order valence-corrected chi connectivity index (χ2v) is 14.6. The molecule has 0 bridgehead atoms. The summed E-state index contributed by atoms with van der Waals surface area (Å²) in [6.45, 7) is 6.09. The van der Waals surface area contributed by atoms with Crippen LogP contribution in [0.3, 0.4) is 0 Å². The quantitative estimate of drug-likeness (QED) is 0.372. The smallest absolute Gasteiger partial charge is 0.274 e. The molecule has 8 rings (SSSR count). The number of anilines is 4. The molecule has 15 heteroatoms. The van der Waals surface area contributed by atoms with Gasteiger partial charge < -0.3 is 24.4 Å². The number of fused-ring (bicyclic) bond motifs is 5. The van der Waals surface area contributed by atoms with Crippen LogP contribution in [0.25, 0.3) is 0 Å². The van der Waals surface area contributed by atoms with E-state index in [0.717, 1.165) is 59.8 Å². The third-order valence-corrected chi connectivity index (χ3v) is 11.1. The van der Waals surface area contributed by atoms with Gasteiger partial charge in [0.15, 0.2) is 5.75 Å². The number of carbonyl (C=O) groups excluding carboxylic acids is 4. The molecule has 0 aliphatic carbocycles. The highest BCUT2D eigenvalue weighted by Gasteiger charge is 2.48. The molecule has 1 unspecified atom stereocenters. The number of ether oxygens (including phenoxy) is 1. The number of hydrogen-bond acceptors (Lipinski definition) is 11. The zero-order valence-electron chi connectivity index (χ0n) is 27.7. The molecule has 1 aromatic carbocycles. The number of benzene rings is 1. The van der Waals surface area contributed by atoms with Crippen molar-refractivity contribution in [2.75, 3.05) is 47.9 Å². The van der Waals surface area contributed by atoms with Crippen LogP contribution >= 0.6 is 15.9 Å². The van der Waals surface area contributed by atoms with Crippen molar-refractivity contribution < 1.29 is 23.9 Å². The van der Waals surface area contributed by atoms with Crippen LogP contribution in [0.4, 0.5) is 22.9 Å². The van der Waals surface area contributed by atoms with Gasteiger partial charge in [-0.05, 0) is 72.4 Å². The summed E-state index contributed by atoms with van der Waals surface area (Å²) in [7, 11) is 1.71. The Morgan fingerprint density at radius 2 is 1.82 bits per heavy atom. The molecule has 7 heterocycles. The van der Waals surface area contributed by atoms with Crippen molar-refractivity contribution in [3.63, 3.8) is 0 Å². The first-order valence-electron chi connectivity index (χ1n) is 17.0. The molecular formula is C35H37BrN8O6. The first kappa shape index (κ1) is 32.4. The number of piperazine rings is 1. The molecule has 3 fully saturated rings. The fraction of sp³-hybridized carbons (Fsp3) is 0.429. The van der Waals surface area contributed by atoms with Gasteiger partial charge in [0.1, 0.15) is 24.2 Å². The number of rotatable bonds is 5. The number of amides is 4. The maximum Gasteiger partial charge on any atom is 0.274 e. The fourth-order valence-electron chi connectivity index (χ4n) is 8.13. The first-order chi connectivity index (χ1) is 24.1. The molecule has 0 radical (unpaired) electrons. The highest BCUT2D eigenvalue weighted by atomic mass is 79.9. The predicted molar refractivity (Wildman–Crippen MR) is 188 cm³/mol. The molecule has 5 aliphatic heterocycles. The molecule has 4 atom stereocenters. The van der Waals surface area contributed by atoms with Gasteiger partial charge in [0.25, 0.3) is 17.4 Å². The molecule has 4 amide bonds. The van der Waals surface area contributed by atoms with Crippen molar-refractivity contribution in [2.45, 2.75) is 56.8 Å². The Balaban J connectivity index is 0.908. The number of pyridine rings is 2. The Kier molecular flexibility index (Phi) is 8.13. The van der Waals surface area contributed by atoms with E-state index in [1.807, 2.05) is 24.4 Å². The highest BCUT2D eigenvalue weighted by molar-refractivity contribution is 9.10. The molecule has 3 aromatic rings. The van der Waals surface area contributed by atoms with Crippen molar-refractivity contribution in [2.24, 2.45) is 7.05 Å². The minimum atomic E-state index is -1.02. The summed E-state index contributed by atoms with van der Waals surface area (Å²) in [5, 5.41) is 5.38. The third-order valence-electron chi connectivity index (χ3n) is 10.6. The molecule has 3 saturated heterocycles. The minimum absolute atomic E-state index is 0.0723. The van der Waals surface area contributed by atoms with Crippen LogP contribution in [-0.4, -0.2) is 99.9 Å². The lowest BCUT2D eigenvalue weighted by Gasteiger charge is -2.50. The van der Waals surface area contributed by atoms with Gasteiger partial charge in [0.05, 0.1) is 34.7 Å². The fourth-order valence-corrected chi connectivity index (χ4v) is 8.67. The second kappa shape index (κ2) is 12.5. The average Bonchev–Trinajstić information content (AvgIpc) is 3.36. The standard InChI is InChI=1S/C35H37BrN8O6/c1-19-16-41(11-12-42(19)22-3-7-28(37-15-22)38-25-13-20(36)17-40(2)34(25)48)21-9-10-43-23(14-21)18-50-31-26(43)5-4-24-30(31)35(49)44(33(24)47)27-6-8-29(45)39-32(27)46/h3-5,7,13,15,17,19,21,23,27H,6,8-12,14,16,18H2,1-2H3,(H,37,38)(H,39,45,46)/t19-,21-,23-,27?/m0/s1. The van der Waals surface area contributed by atoms with E-state index < -0.39 is 29.7 Å². The number of halogens is 1. The summed E-state index contributed by atoms with van der Waals surface area (Å²) in [5.41, 5.74) is 2.59. The lowest BCUT2D eigenvalue weighted by Crippen LogP contribution is -2.59. The predicted octanol–water partition coefficient (Wildman–Crippen LogP) is 2.63. The molecule has 0 spiro atoms. The molecule has 2 N–H and O–H groups in total. The van der Waals surface area contributed by atoms with Gasteiger partial charge in [-0.25, -0.2) is 4.98 Å². The van der Waals surface area contributed by atoms with Crippen LogP contribution < -0.4 is 30.7 Å². The number of nitrogens with zero attached hydrogens (tertiary/aromatic N) is 6. The maximum atomic E-state index is 13.6. The number of aryl methyl sites for hydroxylation is 1. The summed E-state index contributed by atoms with van der Waals surface area (Å²) in [6, 6.07) is 8.96. The Hall–Kier alpha value is -4.76. The lowest BCUT2D eigenvalue weighted by molar-refractivity contribution is -0.136. The first-order valence-corrected chi connectivity index (χ1v) is 17.7. The Labute approximate surface area is 296 Å². The number of hydrogen-bond donors (Lipinski definition) is 2. The van der Waals surface area contributed by atoms with E-state index in [2.05, 4.69) is 53.2 Å². The van der Waals surface area contributed by atoms with Gasteiger partial charge >= 0.3 is 0 Å².